The molecule has 0 radical (unpaired) electrons. The van der Waals surface area contributed by atoms with Gasteiger partial charge in [-0.1, -0.05) is 0 Å². The zero-order valence-corrected chi connectivity index (χ0v) is 12.9. The number of urea groups is 1. The van der Waals surface area contributed by atoms with Crippen molar-refractivity contribution in [2.75, 3.05) is 25.5 Å². The minimum absolute atomic E-state index is 0.0151. The molecule has 0 unspecified atom stereocenters. The molecule has 1 aromatic rings. The summed E-state index contributed by atoms with van der Waals surface area (Å²) >= 11 is 0. The van der Waals surface area contributed by atoms with Crippen LogP contribution in [-0.2, 0) is 0 Å². The van der Waals surface area contributed by atoms with Crippen molar-refractivity contribution in [1.29, 1.82) is 0 Å². The molecule has 23 heavy (non-hydrogen) atoms. The highest BCUT2D eigenvalue weighted by atomic mass is 19.4. The number of amides is 2. The maximum atomic E-state index is 13.2. The third-order valence-electron chi connectivity index (χ3n) is 2.55. The molecule has 0 saturated carbocycles. The summed E-state index contributed by atoms with van der Waals surface area (Å²) < 4.78 is 54.3. The van der Waals surface area contributed by atoms with Crippen LogP contribution in [-0.4, -0.2) is 48.0 Å². The number of rotatable bonds is 5. The summed E-state index contributed by atoms with van der Waals surface area (Å²) in [5.41, 5.74) is -1.26. The number of aliphatic hydroxyl groups is 1. The molecule has 1 rings (SSSR count). The molecule has 0 atom stereocenters. The quantitative estimate of drug-likeness (QED) is 0.812. The number of carbonyl (C=O) groups excluding carboxylic acids is 1. The number of anilines is 1. The number of benzene rings is 1. The molecule has 0 heterocycles. The van der Waals surface area contributed by atoms with Gasteiger partial charge < -0.3 is 20.1 Å². The second-order valence-electron chi connectivity index (χ2n) is 5.64. The van der Waals surface area contributed by atoms with Crippen molar-refractivity contribution in [3.05, 3.63) is 24.0 Å². The van der Waals surface area contributed by atoms with Crippen molar-refractivity contribution in [2.24, 2.45) is 0 Å². The summed E-state index contributed by atoms with van der Waals surface area (Å²) in [7, 11) is 1.40. The highest BCUT2D eigenvalue weighted by Crippen LogP contribution is 2.28. The zero-order valence-electron chi connectivity index (χ0n) is 12.9. The van der Waals surface area contributed by atoms with Crippen LogP contribution in [0, 0.1) is 5.82 Å². The van der Waals surface area contributed by atoms with Crippen LogP contribution < -0.4 is 10.1 Å². The normalized spacial score (nSPS) is 12.0. The minimum atomic E-state index is -4.59. The molecule has 2 amide bonds. The number of nitrogens with zero attached hydrogens (tertiary/aromatic N) is 1. The molecule has 0 aliphatic carbocycles. The lowest BCUT2D eigenvalue weighted by molar-refractivity contribution is -0.153. The van der Waals surface area contributed by atoms with Crippen LogP contribution in [0.1, 0.15) is 13.8 Å². The Bertz CT molecular complexity index is 556. The first-order chi connectivity index (χ1) is 10.4. The third-order valence-corrected chi connectivity index (χ3v) is 2.55. The van der Waals surface area contributed by atoms with E-state index in [0.29, 0.717) is 0 Å². The Balaban J connectivity index is 2.85. The number of halogens is 4. The summed E-state index contributed by atoms with van der Waals surface area (Å²) in [6, 6.07) is 2.14. The van der Waals surface area contributed by atoms with Crippen molar-refractivity contribution in [3.8, 4) is 5.75 Å². The SMILES string of the molecule is CN(CC(C)(C)O)C(=O)Nc1ccc(F)cc1OCC(F)(F)F. The van der Waals surface area contributed by atoms with Gasteiger partial charge in [0.1, 0.15) is 11.6 Å². The fourth-order valence-corrected chi connectivity index (χ4v) is 1.74. The van der Waals surface area contributed by atoms with E-state index in [2.05, 4.69) is 10.1 Å². The van der Waals surface area contributed by atoms with Gasteiger partial charge in [-0.15, -0.1) is 0 Å². The predicted octanol–water partition coefficient (Wildman–Crippen LogP) is 3.00. The summed E-state index contributed by atoms with van der Waals surface area (Å²) in [6.45, 7) is 1.36. The first kappa shape index (κ1) is 19.0. The fourth-order valence-electron chi connectivity index (χ4n) is 1.74. The van der Waals surface area contributed by atoms with Gasteiger partial charge in [0.15, 0.2) is 6.61 Å². The Labute approximate surface area is 130 Å². The Morgan fingerprint density at radius 3 is 2.48 bits per heavy atom. The maximum absolute atomic E-state index is 13.2. The molecular formula is C14H18F4N2O3. The van der Waals surface area contributed by atoms with Crippen molar-refractivity contribution in [1.82, 2.24) is 4.90 Å². The summed E-state index contributed by atoms with van der Waals surface area (Å²) in [4.78, 5) is 13.1. The zero-order chi connectivity index (χ0) is 17.8. The Morgan fingerprint density at radius 1 is 1.35 bits per heavy atom. The van der Waals surface area contributed by atoms with E-state index in [-0.39, 0.29) is 12.2 Å². The second kappa shape index (κ2) is 7.03. The molecule has 1 aromatic carbocycles. The highest BCUT2D eigenvalue weighted by molar-refractivity contribution is 5.90. The van der Waals surface area contributed by atoms with E-state index in [4.69, 9.17) is 0 Å². The van der Waals surface area contributed by atoms with E-state index in [1.165, 1.54) is 20.9 Å². The number of hydrogen-bond donors (Lipinski definition) is 2. The monoisotopic (exact) mass is 338 g/mol. The van der Waals surface area contributed by atoms with E-state index >= 15 is 0 Å². The molecule has 0 saturated heterocycles. The van der Waals surface area contributed by atoms with Gasteiger partial charge in [0, 0.05) is 13.1 Å². The molecule has 2 N–H and O–H groups in total. The van der Waals surface area contributed by atoms with Gasteiger partial charge in [0.25, 0.3) is 0 Å². The lowest BCUT2D eigenvalue weighted by atomic mass is 10.1. The molecule has 9 heteroatoms. The number of likely N-dealkylation sites (N-methyl/N-ethyl adjacent to an activating group) is 1. The number of ether oxygens (including phenoxy) is 1. The smallest absolute Gasteiger partial charge is 0.422 e. The summed E-state index contributed by atoms with van der Waals surface area (Å²) in [5, 5.41) is 12.0. The molecule has 0 spiro atoms. The van der Waals surface area contributed by atoms with Crippen LogP contribution >= 0.6 is 0 Å². The molecule has 0 bridgehead atoms. The summed E-state index contributed by atoms with van der Waals surface area (Å²) in [6.07, 6.45) is -4.59. The number of alkyl halides is 3. The number of nitrogens with one attached hydrogen (secondary N) is 1. The van der Waals surface area contributed by atoms with Crippen molar-refractivity contribution in [2.45, 2.75) is 25.6 Å². The maximum Gasteiger partial charge on any atom is 0.422 e. The molecule has 130 valence electrons. The first-order valence-corrected chi connectivity index (χ1v) is 6.61. The van der Waals surface area contributed by atoms with Gasteiger partial charge in [-0.2, -0.15) is 13.2 Å². The van der Waals surface area contributed by atoms with E-state index < -0.39 is 36.0 Å². The number of carbonyl (C=O) groups is 1. The lowest BCUT2D eigenvalue weighted by Crippen LogP contribution is -2.41. The average Bonchev–Trinajstić information content (AvgIpc) is 2.36. The summed E-state index contributed by atoms with van der Waals surface area (Å²) in [5.74, 6) is -1.24. The molecule has 5 nitrogen and oxygen atoms in total. The molecule has 0 aliphatic heterocycles. The fraction of sp³-hybridized carbons (Fsp3) is 0.500. The van der Waals surface area contributed by atoms with Crippen molar-refractivity contribution in [3.63, 3.8) is 0 Å². The standard InChI is InChI=1S/C14H18F4N2O3/c1-13(2,22)7-20(3)12(21)19-10-5-4-9(15)6-11(10)23-8-14(16,17)18/h4-6,22H,7-8H2,1-3H3,(H,19,21). The van der Waals surface area contributed by atoms with E-state index in [1.807, 2.05) is 0 Å². The molecular weight excluding hydrogens is 320 g/mol. The van der Waals surface area contributed by atoms with Crippen LogP contribution in [0.4, 0.5) is 28.0 Å². The van der Waals surface area contributed by atoms with Gasteiger partial charge >= 0.3 is 12.2 Å². The highest BCUT2D eigenvalue weighted by Gasteiger charge is 2.29. The second-order valence-corrected chi connectivity index (χ2v) is 5.64. The van der Waals surface area contributed by atoms with Crippen LogP contribution in [0.2, 0.25) is 0 Å². The van der Waals surface area contributed by atoms with Crippen molar-refractivity contribution >= 4 is 11.7 Å². The molecule has 0 fully saturated rings. The van der Waals surface area contributed by atoms with Crippen LogP contribution in [0.25, 0.3) is 0 Å². The van der Waals surface area contributed by atoms with Crippen LogP contribution in [0.15, 0.2) is 18.2 Å². The Morgan fingerprint density at radius 2 is 1.96 bits per heavy atom. The molecule has 0 aromatic heterocycles. The largest absolute Gasteiger partial charge is 0.482 e. The van der Waals surface area contributed by atoms with Gasteiger partial charge in [0.2, 0.25) is 0 Å². The topological polar surface area (TPSA) is 61.8 Å². The van der Waals surface area contributed by atoms with Gasteiger partial charge in [-0.3, -0.25) is 0 Å². The Hall–Kier alpha value is -2.03. The van der Waals surface area contributed by atoms with Crippen molar-refractivity contribution < 1.29 is 32.2 Å². The third kappa shape index (κ3) is 7.18. The molecule has 0 aliphatic rings. The first-order valence-electron chi connectivity index (χ1n) is 6.61. The number of hydrogen-bond acceptors (Lipinski definition) is 3. The predicted molar refractivity (Wildman–Crippen MR) is 75.9 cm³/mol. The lowest BCUT2D eigenvalue weighted by Gasteiger charge is -2.26. The van der Waals surface area contributed by atoms with Gasteiger partial charge in [-0.05, 0) is 26.0 Å². The van der Waals surface area contributed by atoms with Crippen LogP contribution in [0.5, 0.6) is 5.75 Å². The average molecular weight is 338 g/mol. The van der Waals surface area contributed by atoms with Gasteiger partial charge in [0.05, 0.1) is 17.8 Å². The van der Waals surface area contributed by atoms with E-state index in [9.17, 15) is 27.5 Å². The minimum Gasteiger partial charge on any atom is -0.482 e. The van der Waals surface area contributed by atoms with Gasteiger partial charge in [-0.25, -0.2) is 9.18 Å². The van der Waals surface area contributed by atoms with Crippen LogP contribution in [0.3, 0.4) is 0 Å². The van der Waals surface area contributed by atoms with E-state index in [1.54, 1.807) is 0 Å². The van der Waals surface area contributed by atoms with E-state index in [0.717, 1.165) is 23.1 Å². The Kier molecular flexibility index (Phi) is 5.81.